The molecular weight excluding hydrogens is 579 g/mol. The van der Waals surface area contributed by atoms with Gasteiger partial charge in [0.15, 0.2) is 0 Å². The molecule has 0 saturated heterocycles. The average Bonchev–Trinajstić information content (AvgIpc) is 3.77. The van der Waals surface area contributed by atoms with E-state index in [1.54, 1.807) is 0 Å². The van der Waals surface area contributed by atoms with Crippen molar-refractivity contribution in [2.75, 3.05) is 4.90 Å². The summed E-state index contributed by atoms with van der Waals surface area (Å²) in [7, 11) is 0. The summed E-state index contributed by atoms with van der Waals surface area (Å²) < 4.78 is 7.61. The van der Waals surface area contributed by atoms with Gasteiger partial charge in [-0.25, -0.2) is 0 Å². The second-order valence-electron chi connectivity index (χ2n) is 12.2. The Labute approximate surface area is 267 Å². The van der Waals surface area contributed by atoms with Crippen LogP contribution in [0.2, 0.25) is 0 Å². The second kappa shape index (κ2) is 8.87. The Kier molecular flexibility index (Phi) is 4.72. The van der Waals surface area contributed by atoms with E-state index in [1.807, 2.05) is 11.3 Å². The number of rotatable bonds is 3. The van der Waals surface area contributed by atoms with E-state index in [4.69, 9.17) is 0 Å². The molecule has 4 heteroatoms. The fourth-order valence-electron chi connectivity index (χ4n) is 7.90. The molecule has 0 amide bonds. The molecule has 214 valence electrons. The lowest BCUT2D eigenvalue weighted by molar-refractivity contribution is 1.24. The van der Waals surface area contributed by atoms with Crippen LogP contribution in [0.5, 0.6) is 0 Å². The Hall–Kier alpha value is -5.84. The first-order chi connectivity index (χ1) is 22.8. The van der Waals surface area contributed by atoms with Crippen molar-refractivity contribution in [3.63, 3.8) is 0 Å². The first kappa shape index (κ1) is 24.5. The van der Waals surface area contributed by atoms with Crippen molar-refractivity contribution < 1.29 is 0 Å². The summed E-state index contributed by atoms with van der Waals surface area (Å²) in [6.07, 6.45) is 0. The van der Waals surface area contributed by atoms with Crippen molar-refractivity contribution in [2.45, 2.75) is 0 Å². The number of fused-ring (bicyclic) bond motifs is 12. The summed E-state index contributed by atoms with van der Waals surface area (Å²) in [5.74, 6) is 0. The number of thiophene rings is 1. The first-order valence-electron chi connectivity index (χ1n) is 15.7. The fourth-order valence-corrected chi connectivity index (χ4v) is 9.04. The number of aromatic nitrogens is 2. The highest BCUT2D eigenvalue weighted by Gasteiger charge is 2.23. The number of hydrogen-bond acceptors (Lipinski definition) is 2. The van der Waals surface area contributed by atoms with E-state index in [0.29, 0.717) is 0 Å². The second-order valence-corrected chi connectivity index (χ2v) is 13.3. The number of hydrogen-bond donors (Lipinski definition) is 0. The normalized spacial score (nSPS) is 12.3. The molecule has 4 aromatic heterocycles. The Morgan fingerprint density at radius 1 is 0.348 bits per heavy atom. The highest BCUT2D eigenvalue weighted by molar-refractivity contribution is 7.25. The maximum atomic E-state index is 2.50. The smallest absolute Gasteiger partial charge is 0.0789 e. The van der Waals surface area contributed by atoms with Crippen LogP contribution in [0.4, 0.5) is 17.1 Å². The highest BCUT2D eigenvalue weighted by Crippen LogP contribution is 2.44. The van der Waals surface area contributed by atoms with E-state index in [-0.39, 0.29) is 0 Å². The van der Waals surface area contributed by atoms with Gasteiger partial charge in [0, 0.05) is 58.8 Å². The van der Waals surface area contributed by atoms with E-state index in [0.717, 1.165) is 17.1 Å². The van der Waals surface area contributed by atoms with Crippen LogP contribution >= 0.6 is 11.3 Å². The van der Waals surface area contributed by atoms with E-state index >= 15 is 0 Å². The molecule has 0 spiro atoms. The number of benzene rings is 7. The molecule has 0 aliphatic heterocycles. The van der Waals surface area contributed by atoms with Crippen LogP contribution in [0.1, 0.15) is 0 Å². The van der Waals surface area contributed by atoms with Crippen LogP contribution in [-0.2, 0) is 0 Å². The molecule has 0 saturated carbocycles. The van der Waals surface area contributed by atoms with Gasteiger partial charge >= 0.3 is 0 Å². The van der Waals surface area contributed by atoms with Crippen LogP contribution < -0.4 is 4.90 Å². The molecule has 0 radical (unpaired) electrons. The predicted octanol–water partition coefficient (Wildman–Crippen LogP) is 12.1. The zero-order valence-corrected chi connectivity index (χ0v) is 25.5. The minimum absolute atomic E-state index is 1.13. The van der Waals surface area contributed by atoms with Gasteiger partial charge < -0.3 is 13.7 Å². The Bertz CT molecular complexity index is 2980. The summed E-state index contributed by atoms with van der Waals surface area (Å²) >= 11 is 1.86. The van der Waals surface area contributed by atoms with E-state index in [9.17, 15) is 0 Å². The van der Waals surface area contributed by atoms with Gasteiger partial charge in [0.2, 0.25) is 0 Å². The van der Waals surface area contributed by atoms with E-state index in [2.05, 4.69) is 165 Å². The third kappa shape index (κ3) is 3.11. The van der Waals surface area contributed by atoms with Crippen molar-refractivity contribution in [1.82, 2.24) is 8.80 Å². The molecule has 0 aliphatic rings. The quantitative estimate of drug-likeness (QED) is 0.183. The van der Waals surface area contributed by atoms with Gasteiger partial charge in [-0.05, 0) is 60.7 Å². The molecular formula is C42H25N3S. The molecule has 0 aliphatic carbocycles. The standard InChI is InChI=1S/C42H25N3S/c1-2-10-26(11-3-1)43(28-18-20-32-31-14-6-9-17-39(31)46-40(32)25-28)27-19-23-37-38(24-27)45-36-16-8-5-13-30(36)34-22-21-33-29-12-4-7-15-35(29)44(37)41(33)42(34)45/h1-25H. The summed E-state index contributed by atoms with van der Waals surface area (Å²) in [4.78, 5) is 2.40. The van der Waals surface area contributed by atoms with E-state index < -0.39 is 0 Å². The number of nitrogens with zero attached hydrogens (tertiary/aromatic N) is 3. The average molecular weight is 604 g/mol. The third-order valence-corrected chi connectivity index (χ3v) is 10.9. The summed E-state index contributed by atoms with van der Waals surface area (Å²) in [6, 6.07) is 55.7. The van der Waals surface area contributed by atoms with Gasteiger partial charge in [-0.15, -0.1) is 11.3 Å². The minimum atomic E-state index is 1.13. The molecule has 7 aromatic carbocycles. The summed E-state index contributed by atoms with van der Waals surface area (Å²) in [5.41, 5.74) is 10.8. The van der Waals surface area contributed by atoms with Crippen molar-refractivity contribution >= 4 is 103 Å². The van der Waals surface area contributed by atoms with Crippen molar-refractivity contribution in [2.24, 2.45) is 0 Å². The van der Waals surface area contributed by atoms with Gasteiger partial charge in [-0.1, -0.05) is 91.0 Å². The Balaban J connectivity index is 1.27. The van der Waals surface area contributed by atoms with Crippen LogP contribution in [0.15, 0.2) is 152 Å². The first-order valence-corrected chi connectivity index (χ1v) is 16.5. The zero-order chi connectivity index (χ0) is 29.9. The number of anilines is 3. The topological polar surface area (TPSA) is 12.1 Å². The maximum Gasteiger partial charge on any atom is 0.0789 e. The van der Waals surface area contributed by atoms with E-state index in [1.165, 1.54) is 74.8 Å². The van der Waals surface area contributed by atoms with Crippen molar-refractivity contribution in [3.05, 3.63) is 152 Å². The van der Waals surface area contributed by atoms with Crippen molar-refractivity contribution in [3.8, 4) is 0 Å². The predicted molar refractivity (Wildman–Crippen MR) is 197 cm³/mol. The van der Waals surface area contributed by atoms with Crippen LogP contribution in [-0.4, -0.2) is 8.80 Å². The SMILES string of the molecule is c1ccc(N(c2ccc3c(c2)sc2ccccc23)c2ccc3c(c2)n2c4ccccc4c4ccc5c6ccccc6n3c5c42)cc1. The summed E-state index contributed by atoms with van der Waals surface area (Å²) in [6.45, 7) is 0. The lowest BCUT2D eigenvalue weighted by atomic mass is 10.1. The Morgan fingerprint density at radius 2 is 0.891 bits per heavy atom. The molecule has 0 atom stereocenters. The highest BCUT2D eigenvalue weighted by atomic mass is 32.1. The molecule has 4 heterocycles. The van der Waals surface area contributed by atoms with Gasteiger partial charge in [0.25, 0.3) is 0 Å². The molecule has 0 bridgehead atoms. The molecule has 3 nitrogen and oxygen atoms in total. The van der Waals surface area contributed by atoms with Crippen molar-refractivity contribution in [1.29, 1.82) is 0 Å². The molecule has 11 aromatic rings. The molecule has 11 rings (SSSR count). The zero-order valence-electron chi connectivity index (χ0n) is 24.7. The Morgan fingerprint density at radius 3 is 1.63 bits per heavy atom. The number of para-hydroxylation sites is 3. The van der Waals surface area contributed by atoms with Gasteiger partial charge in [0.05, 0.1) is 33.1 Å². The van der Waals surface area contributed by atoms with Gasteiger partial charge in [-0.3, -0.25) is 0 Å². The van der Waals surface area contributed by atoms with Gasteiger partial charge in [-0.2, -0.15) is 0 Å². The fraction of sp³-hybridized carbons (Fsp3) is 0. The lowest BCUT2D eigenvalue weighted by Gasteiger charge is -2.26. The van der Waals surface area contributed by atoms with Crippen LogP contribution in [0.3, 0.4) is 0 Å². The van der Waals surface area contributed by atoms with Gasteiger partial charge in [0.1, 0.15) is 0 Å². The molecule has 0 unspecified atom stereocenters. The van der Waals surface area contributed by atoms with Crippen LogP contribution in [0.25, 0.3) is 74.8 Å². The largest absolute Gasteiger partial charge is 0.310 e. The maximum absolute atomic E-state index is 2.50. The van der Waals surface area contributed by atoms with Crippen LogP contribution in [0, 0.1) is 0 Å². The summed E-state index contributed by atoms with van der Waals surface area (Å²) in [5, 5.41) is 7.79. The molecule has 0 N–H and O–H groups in total. The monoisotopic (exact) mass is 603 g/mol. The molecule has 46 heavy (non-hydrogen) atoms. The molecule has 0 fully saturated rings. The third-order valence-electron chi connectivity index (χ3n) is 9.80. The minimum Gasteiger partial charge on any atom is -0.310 e. The lowest BCUT2D eigenvalue weighted by Crippen LogP contribution is -2.10.